The number of nitrogens with zero attached hydrogens (tertiary/aromatic N) is 6. The fraction of sp³-hybridized carbons (Fsp3) is 0.481. The van der Waals surface area contributed by atoms with E-state index in [1.807, 2.05) is 30.7 Å². The van der Waals surface area contributed by atoms with Gasteiger partial charge in [-0.15, -0.1) is 0 Å². The lowest BCUT2D eigenvalue weighted by molar-refractivity contribution is 0.298. The SMILES string of the molecule is C=C(OCC)c1c(C)c2cnc(Nc3ccc(N4CCN(C)CC4)cn3)nc2n(C2CCCC2)c1=O. The lowest BCUT2D eigenvalue weighted by atomic mass is 10.0. The summed E-state index contributed by atoms with van der Waals surface area (Å²) in [6, 6.07) is 4.13. The number of nitrogens with one attached hydrogen (secondary N) is 1. The number of hydrogen-bond acceptors (Lipinski definition) is 8. The topological polar surface area (TPSA) is 88.4 Å². The lowest BCUT2D eigenvalue weighted by Gasteiger charge is -2.33. The molecule has 36 heavy (non-hydrogen) atoms. The summed E-state index contributed by atoms with van der Waals surface area (Å²) < 4.78 is 7.48. The standard InChI is InChI=1S/C27H35N7O2/c1-5-36-19(3)24-18(2)22-17-29-27(31-25(22)34(26(24)35)20-8-6-7-9-20)30-23-11-10-21(16-28-23)33-14-12-32(4)13-15-33/h10-11,16-17,20H,3,5-9,12-15H2,1-2,4H3,(H,28,29,30,31). The largest absolute Gasteiger partial charge is 0.494 e. The second kappa shape index (κ2) is 10.3. The van der Waals surface area contributed by atoms with Crippen molar-refractivity contribution in [3.8, 4) is 0 Å². The Morgan fingerprint density at radius 2 is 1.89 bits per heavy atom. The van der Waals surface area contributed by atoms with Crippen molar-refractivity contribution in [1.82, 2.24) is 24.4 Å². The zero-order chi connectivity index (χ0) is 25.2. The van der Waals surface area contributed by atoms with Gasteiger partial charge in [0.15, 0.2) is 0 Å². The predicted octanol–water partition coefficient (Wildman–Crippen LogP) is 4.11. The maximum atomic E-state index is 13.7. The molecule has 1 saturated carbocycles. The van der Waals surface area contributed by atoms with E-state index in [1.165, 1.54) is 0 Å². The monoisotopic (exact) mass is 489 g/mol. The fourth-order valence-corrected chi connectivity index (χ4v) is 5.30. The minimum atomic E-state index is -0.0929. The van der Waals surface area contributed by atoms with Gasteiger partial charge in [0.05, 0.1) is 24.1 Å². The molecule has 2 aliphatic rings. The number of rotatable bonds is 7. The van der Waals surface area contributed by atoms with E-state index in [0.29, 0.717) is 35.3 Å². The molecule has 0 atom stereocenters. The first-order valence-corrected chi connectivity index (χ1v) is 12.9. The molecule has 190 valence electrons. The van der Waals surface area contributed by atoms with Crippen LogP contribution in [0.3, 0.4) is 0 Å². The van der Waals surface area contributed by atoms with E-state index in [4.69, 9.17) is 9.72 Å². The smallest absolute Gasteiger partial charge is 0.263 e. The molecule has 0 radical (unpaired) electrons. The molecule has 9 nitrogen and oxygen atoms in total. The summed E-state index contributed by atoms with van der Waals surface area (Å²) >= 11 is 0. The van der Waals surface area contributed by atoms with E-state index in [0.717, 1.165) is 68.5 Å². The first-order chi connectivity index (χ1) is 17.5. The predicted molar refractivity (Wildman–Crippen MR) is 144 cm³/mol. The van der Waals surface area contributed by atoms with Gasteiger partial charge in [0.25, 0.3) is 5.56 Å². The molecule has 0 bridgehead atoms. The van der Waals surface area contributed by atoms with Crippen LogP contribution in [0.4, 0.5) is 17.5 Å². The van der Waals surface area contributed by atoms with E-state index < -0.39 is 0 Å². The summed E-state index contributed by atoms with van der Waals surface area (Å²) in [5.41, 5.74) is 2.97. The molecule has 4 heterocycles. The van der Waals surface area contributed by atoms with Crippen LogP contribution in [0.2, 0.25) is 0 Å². The van der Waals surface area contributed by atoms with Crippen molar-refractivity contribution in [2.45, 2.75) is 45.6 Å². The van der Waals surface area contributed by atoms with Crippen LogP contribution < -0.4 is 15.8 Å². The summed E-state index contributed by atoms with van der Waals surface area (Å²) in [4.78, 5) is 32.4. The van der Waals surface area contributed by atoms with Crippen LogP contribution in [0.5, 0.6) is 0 Å². The van der Waals surface area contributed by atoms with Gasteiger partial charge in [-0.3, -0.25) is 9.36 Å². The number of aromatic nitrogens is 4. The number of pyridine rings is 2. The summed E-state index contributed by atoms with van der Waals surface area (Å²) in [6.45, 7) is 12.4. The lowest BCUT2D eigenvalue weighted by Crippen LogP contribution is -2.44. The van der Waals surface area contributed by atoms with Crippen LogP contribution in [0.25, 0.3) is 16.8 Å². The first kappa shape index (κ1) is 24.2. The van der Waals surface area contributed by atoms with Gasteiger partial charge in [-0.1, -0.05) is 19.4 Å². The Balaban J connectivity index is 1.48. The molecule has 0 spiro atoms. The van der Waals surface area contributed by atoms with Gasteiger partial charge in [-0.2, -0.15) is 4.98 Å². The summed E-state index contributed by atoms with van der Waals surface area (Å²) in [5, 5.41) is 4.06. The minimum Gasteiger partial charge on any atom is -0.494 e. The van der Waals surface area contributed by atoms with Gasteiger partial charge >= 0.3 is 0 Å². The first-order valence-electron chi connectivity index (χ1n) is 12.9. The Hall–Kier alpha value is -3.46. The number of fused-ring (bicyclic) bond motifs is 1. The molecule has 1 N–H and O–H groups in total. The van der Waals surface area contributed by atoms with E-state index >= 15 is 0 Å². The second-order valence-electron chi connectivity index (χ2n) is 9.72. The van der Waals surface area contributed by atoms with Crippen molar-refractivity contribution in [2.24, 2.45) is 0 Å². The summed E-state index contributed by atoms with van der Waals surface area (Å²) in [6.07, 6.45) is 7.80. The average molecular weight is 490 g/mol. The quantitative estimate of drug-likeness (QED) is 0.496. The van der Waals surface area contributed by atoms with E-state index in [1.54, 1.807) is 6.20 Å². The number of aryl methyl sites for hydroxylation is 1. The molecule has 9 heteroatoms. The van der Waals surface area contributed by atoms with Gasteiger partial charge < -0.3 is 19.9 Å². The Bertz CT molecular complexity index is 1300. The zero-order valence-corrected chi connectivity index (χ0v) is 21.5. The number of likely N-dealkylation sites (N-methyl/N-ethyl adjacent to an activating group) is 1. The molecule has 5 rings (SSSR count). The van der Waals surface area contributed by atoms with Gasteiger partial charge in [-0.25, -0.2) is 9.97 Å². The third-order valence-electron chi connectivity index (χ3n) is 7.35. The van der Waals surface area contributed by atoms with Gasteiger partial charge in [0.1, 0.15) is 17.2 Å². The van der Waals surface area contributed by atoms with Gasteiger partial charge in [-0.05, 0) is 51.4 Å². The molecule has 3 aromatic rings. The van der Waals surface area contributed by atoms with Gasteiger partial charge in [0, 0.05) is 43.8 Å². The fourth-order valence-electron chi connectivity index (χ4n) is 5.30. The maximum absolute atomic E-state index is 13.7. The number of piperazine rings is 1. The van der Waals surface area contributed by atoms with Crippen molar-refractivity contribution in [3.05, 3.63) is 52.6 Å². The Kier molecular flexibility index (Phi) is 6.91. The van der Waals surface area contributed by atoms with Gasteiger partial charge in [0.2, 0.25) is 5.95 Å². The molecule has 0 amide bonds. The highest BCUT2D eigenvalue weighted by Crippen LogP contribution is 2.33. The van der Waals surface area contributed by atoms with E-state index in [-0.39, 0.29) is 11.6 Å². The molecule has 1 saturated heterocycles. The average Bonchev–Trinajstić information content (AvgIpc) is 3.40. The minimum absolute atomic E-state index is 0.0929. The molecular weight excluding hydrogens is 454 g/mol. The molecular formula is C27H35N7O2. The van der Waals surface area contributed by atoms with Crippen molar-refractivity contribution in [3.63, 3.8) is 0 Å². The molecule has 1 aliphatic heterocycles. The Labute approximate surface area is 211 Å². The zero-order valence-electron chi connectivity index (χ0n) is 21.5. The molecule has 1 aliphatic carbocycles. The van der Waals surface area contributed by atoms with Crippen molar-refractivity contribution < 1.29 is 4.74 Å². The van der Waals surface area contributed by atoms with Crippen molar-refractivity contribution >= 4 is 34.2 Å². The molecule has 0 aromatic carbocycles. The highest BCUT2D eigenvalue weighted by Gasteiger charge is 2.26. The summed E-state index contributed by atoms with van der Waals surface area (Å²) in [5.74, 6) is 1.49. The Morgan fingerprint density at radius 3 is 2.56 bits per heavy atom. The van der Waals surface area contributed by atoms with Crippen LogP contribution in [-0.4, -0.2) is 64.3 Å². The van der Waals surface area contributed by atoms with E-state index in [9.17, 15) is 4.79 Å². The third-order valence-corrected chi connectivity index (χ3v) is 7.35. The number of ether oxygens (including phenoxy) is 1. The van der Waals surface area contributed by atoms with Crippen LogP contribution >= 0.6 is 0 Å². The third kappa shape index (κ3) is 4.67. The molecule has 0 unspecified atom stereocenters. The van der Waals surface area contributed by atoms with E-state index in [2.05, 4.69) is 44.8 Å². The van der Waals surface area contributed by atoms with Crippen molar-refractivity contribution in [1.29, 1.82) is 0 Å². The number of hydrogen-bond donors (Lipinski definition) is 1. The maximum Gasteiger partial charge on any atom is 0.263 e. The van der Waals surface area contributed by atoms with Crippen molar-refractivity contribution in [2.75, 3.05) is 50.1 Å². The normalized spacial score (nSPS) is 17.0. The number of anilines is 3. The second-order valence-corrected chi connectivity index (χ2v) is 9.72. The van der Waals surface area contributed by atoms with Crippen LogP contribution in [0, 0.1) is 6.92 Å². The van der Waals surface area contributed by atoms with Crippen LogP contribution in [-0.2, 0) is 4.74 Å². The summed E-state index contributed by atoms with van der Waals surface area (Å²) in [7, 11) is 2.15. The Morgan fingerprint density at radius 1 is 1.14 bits per heavy atom. The van der Waals surface area contributed by atoms with Crippen LogP contribution in [0.15, 0.2) is 35.9 Å². The highest BCUT2D eigenvalue weighted by atomic mass is 16.5. The molecule has 2 fully saturated rings. The van der Waals surface area contributed by atoms with Crippen LogP contribution in [0.1, 0.15) is 49.8 Å². The molecule has 3 aromatic heterocycles. The highest BCUT2D eigenvalue weighted by molar-refractivity contribution is 5.84.